The Bertz CT molecular complexity index is 758. The summed E-state index contributed by atoms with van der Waals surface area (Å²) >= 11 is 0. The van der Waals surface area contributed by atoms with Gasteiger partial charge in [-0.05, 0) is 6.20 Å². The smallest absolute Gasteiger partial charge is 0.412 e. The van der Waals surface area contributed by atoms with Crippen molar-refractivity contribution in [1.82, 2.24) is 5.32 Å². The van der Waals surface area contributed by atoms with Crippen molar-refractivity contribution in [2.24, 2.45) is 0 Å². The molecule has 0 aliphatic rings. The molecule has 1 unspecified atom stereocenters. The van der Waals surface area contributed by atoms with Crippen molar-refractivity contribution in [3.63, 3.8) is 0 Å². The molecule has 1 amide bonds. The number of nitrogens with one attached hydrogen (secondary N) is 1. The van der Waals surface area contributed by atoms with Crippen molar-refractivity contribution in [3.05, 3.63) is 24.9 Å². The van der Waals surface area contributed by atoms with Crippen molar-refractivity contribution in [2.75, 3.05) is 6.61 Å². The number of hydrogen-bond donors (Lipinski definition) is 2. The lowest BCUT2D eigenvalue weighted by molar-refractivity contribution is -0.353. The molecule has 28 heavy (non-hydrogen) atoms. The number of ether oxygens (including phenoxy) is 2. The predicted octanol–water partition coefficient (Wildman–Crippen LogP) is 1.66. The zero-order chi connectivity index (χ0) is 22.8. The quantitative estimate of drug-likeness (QED) is 0.189. The molecule has 0 aliphatic heterocycles. The Morgan fingerprint density at radius 3 is 1.86 bits per heavy atom. The number of carbonyl (C=O) groups is 2. The SMILES string of the molecule is C=CNC(=O)C(OCC(F)(F)S(=O)(=O)O)(OC(=O)C(=C)C(F)(F)F)C(F)(F)F. The number of hydrogen-bond acceptors (Lipinski definition) is 6. The first-order chi connectivity index (χ1) is 12.2. The normalized spacial score (nSPS) is 15.3. The zero-order valence-corrected chi connectivity index (χ0v) is 13.8. The van der Waals surface area contributed by atoms with Crippen LogP contribution < -0.4 is 5.32 Å². The van der Waals surface area contributed by atoms with Crippen LogP contribution in [0.5, 0.6) is 0 Å². The maximum Gasteiger partial charge on any atom is 0.466 e. The van der Waals surface area contributed by atoms with Crippen LogP contribution in [0, 0.1) is 0 Å². The topological polar surface area (TPSA) is 119 Å². The van der Waals surface area contributed by atoms with Gasteiger partial charge in [0.15, 0.2) is 0 Å². The molecule has 0 bridgehead atoms. The van der Waals surface area contributed by atoms with Crippen LogP contribution in [0.1, 0.15) is 0 Å². The summed E-state index contributed by atoms with van der Waals surface area (Å²) in [5.74, 6) is -10.8. The first kappa shape index (κ1) is 25.7. The van der Waals surface area contributed by atoms with E-state index in [1.54, 1.807) is 0 Å². The van der Waals surface area contributed by atoms with E-state index in [2.05, 4.69) is 22.6 Å². The molecule has 8 nitrogen and oxygen atoms in total. The molecule has 0 saturated carbocycles. The van der Waals surface area contributed by atoms with Crippen LogP contribution >= 0.6 is 0 Å². The van der Waals surface area contributed by atoms with Crippen molar-refractivity contribution in [2.45, 2.75) is 23.4 Å². The second kappa shape index (κ2) is 8.00. The third-order valence-electron chi connectivity index (χ3n) is 2.55. The van der Waals surface area contributed by atoms with Crippen LogP contribution in [0.25, 0.3) is 0 Å². The maximum absolute atomic E-state index is 13.3. The third-order valence-corrected chi connectivity index (χ3v) is 3.42. The van der Waals surface area contributed by atoms with Crippen LogP contribution in [0.4, 0.5) is 35.1 Å². The van der Waals surface area contributed by atoms with Gasteiger partial charge in [0.05, 0.1) is 0 Å². The van der Waals surface area contributed by atoms with Gasteiger partial charge in [0, 0.05) is 0 Å². The summed E-state index contributed by atoms with van der Waals surface area (Å²) in [6, 6.07) is 0. The van der Waals surface area contributed by atoms with E-state index >= 15 is 0 Å². The Balaban J connectivity index is 6.27. The van der Waals surface area contributed by atoms with E-state index in [1.807, 2.05) is 0 Å². The largest absolute Gasteiger partial charge is 0.466 e. The lowest BCUT2D eigenvalue weighted by atomic mass is 10.2. The number of esters is 1. The Labute approximate surface area is 150 Å². The van der Waals surface area contributed by atoms with Gasteiger partial charge in [0.2, 0.25) is 0 Å². The highest BCUT2D eigenvalue weighted by Gasteiger charge is 2.68. The van der Waals surface area contributed by atoms with Crippen molar-refractivity contribution < 1.29 is 67.2 Å². The fourth-order valence-electron chi connectivity index (χ4n) is 1.17. The third kappa shape index (κ3) is 5.61. The minimum absolute atomic E-state index is 0.180. The number of halogens is 8. The summed E-state index contributed by atoms with van der Waals surface area (Å²) in [5.41, 5.74) is -2.59. The van der Waals surface area contributed by atoms with Crippen molar-refractivity contribution in [3.8, 4) is 0 Å². The Kier molecular flexibility index (Phi) is 7.35. The minimum Gasteiger partial charge on any atom is -0.412 e. The second-order valence-corrected chi connectivity index (χ2v) is 6.11. The highest BCUT2D eigenvalue weighted by atomic mass is 32.2. The summed E-state index contributed by atoms with van der Waals surface area (Å²) in [4.78, 5) is 22.9. The van der Waals surface area contributed by atoms with Gasteiger partial charge >= 0.3 is 45.4 Å². The molecule has 1 atom stereocenters. The van der Waals surface area contributed by atoms with E-state index in [9.17, 15) is 53.1 Å². The molecule has 0 aliphatic carbocycles. The first-order valence-corrected chi connectivity index (χ1v) is 7.64. The van der Waals surface area contributed by atoms with Gasteiger partial charge in [0.25, 0.3) is 0 Å². The predicted molar refractivity (Wildman–Crippen MR) is 70.9 cm³/mol. The van der Waals surface area contributed by atoms with Gasteiger partial charge in [-0.25, -0.2) is 4.79 Å². The summed E-state index contributed by atoms with van der Waals surface area (Å²) < 4.78 is 139. The van der Waals surface area contributed by atoms with Gasteiger partial charge in [-0.3, -0.25) is 9.35 Å². The highest BCUT2D eigenvalue weighted by molar-refractivity contribution is 7.86. The fraction of sp³-hybridized carbons (Fsp3) is 0.455. The summed E-state index contributed by atoms with van der Waals surface area (Å²) in [6.45, 7) is 1.85. The molecule has 0 rings (SSSR count). The number of amides is 1. The van der Waals surface area contributed by atoms with E-state index in [0.717, 1.165) is 5.32 Å². The average Bonchev–Trinajstić information content (AvgIpc) is 2.47. The van der Waals surface area contributed by atoms with Gasteiger partial charge in [-0.2, -0.15) is 43.5 Å². The zero-order valence-electron chi connectivity index (χ0n) is 13.0. The van der Waals surface area contributed by atoms with Gasteiger partial charge in [-0.1, -0.05) is 13.2 Å². The van der Waals surface area contributed by atoms with Crippen LogP contribution in [-0.4, -0.2) is 54.8 Å². The number of carbonyl (C=O) groups excluding carboxylic acids is 2. The molecule has 0 fully saturated rings. The number of alkyl halides is 8. The summed E-state index contributed by atoms with van der Waals surface area (Å²) in [5, 5.41) is -4.39. The van der Waals surface area contributed by atoms with Crippen LogP contribution in [0.2, 0.25) is 0 Å². The molecule has 162 valence electrons. The molecule has 0 radical (unpaired) electrons. The Morgan fingerprint density at radius 2 is 1.54 bits per heavy atom. The molecule has 0 saturated heterocycles. The molecule has 0 aromatic rings. The minimum atomic E-state index is -6.39. The van der Waals surface area contributed by atoms with E-state index in [1.165, 1.54) is 0 Å². The van der Waals surface area contributed by atoms with E-state index < -0.39 is 57.6 Å². The van der Waals surface area contributed by atoms with Crippen LogP contribution in [0.15, 0.2) is 24.9 Å². The van der Waals surface area contributed by atoms with Crippen LogP contribution in [0.3, 0.4) is 0 Å². The van der Waals surface area contributed by atoms with Crippen molar-refractivity contribution >= 4 is 22.0 Å². The van der Waals surface area contributed by atoms with Gasteiger partial charge in [-0.15, -0.1) is 0 Å². The first-order valence-electron chi connectivity index (χ1n) is 6.20. The Morgan fingerprint density at radius 1 is 1.07 bits per heavy atom. The molecular formula is C11H9F8NO7S. The molecule has 0 aromatic carbocycles. The molecule has 0 spiro atoms. The standard InChI is InChI=1S/C11H9F8NO7S/c1-3-20-7(22)9(11(17,18)19,26-4-8(12,13)28(23,24)25)27-6(21)5(2)10(14,15)16/h3H,1-2,4H2,(H,20,22)(H,23,24,25). The number of rotatable bonds is 8. The monoisotopic (exact) mass is 451 g/mol. The lowest BCUT2D eigenvalue weighted by Gasteiger charge is -2.33. The maximum atomic E-state index is 13.3. The van der Waals surface area contributed by atoms with E-state index in [4.69, 9.17) is 4.55 Å². The molecule has 2 N–H and O–H groups in total. The fourth-order valence-corrected chi connectivity index (χ4v) is 1.37. The summed E-state index contributed by atoms with van der Waals surface area (Å²) in [6.07, 6.45) is -11.8. The van der Waals surface area contributed by atoms with Crippen LogP contribution in [-0.2, 0) is 29.2 Å². The average molecular weight is 451 g/mol. The van der Waals surface area contributed by atoms with Gasteiger partial charge in [0.1, 0.15) is 12.2 Å². The molecule has 17 heteroatoms. The van der Waals surface area contributed by atoms with Gasteiger partial charge < -0.3 is 14.8 Å². The van der Waals surface area contributed by atoms with E-state index in [-0.39, 0.29) is 6.20 Å². The molecule has 0 heterocycles. The summed E-state index contributed by atoms with van der Waals surface area (Å²) in [7, 11) is -6.39. The van der Waals surface area contributed by atoms with Crippen molar-refractivity contribution in [1.29, 1.82) is 0 Å². The Hall–Kier alpha value is -2.27. The molecule has 0 aromatic heterocycles. The highest BCUT2D eigenvalue weighted by Crippen LogP contribution is 2.39. The van der Waals surface area contributed by atoms with E-state index in [0.29, 0.717) is 0 Å². The second-order valence-electron chi connectivity index (χ2n) is 4.56. The lowest BCUT2D eigenvalue weighted by Crippen LogP contribution is -2.62. The molecular weight excluding hydrogens is 442 g/mol.